The summed E-state index contributed by atoms with van der Waals surface area (Å²) in [6.45, 7) is 4.09. The molecule has 8 nitrogen and oxygen atoms in total. The predicted octanol–water partition coefficient (Wildman–Crippen LogP) is 4.39. The predicted molar refractivity (Wildman–Crippen MR) is 136 cm³/mol. The van der Waals surface area contributed by atoms with E-state index in [0.717, 1.165) is 5.56 Å². The second-order valence-corrected chi connectivity index (χ2v) is 8.64. The minimum absolute atomic E-state index is 0.0152. The van der Waals surface area contributed by atoms with Gasteiger partial charge < -0.3 is 19.1 Å². The first-order chi connectivity index (χ1) is 17.8. The van der Waals surface area contributed by atoms with E-state index in [0.29, 0.717) is 29.2 Å². The molecular formula is C29H27NO7. The van der Waals surface area contributed by atoms with Gasteiger partial charge in [0, 0.05) is 24.2 Å². The van der Waals surface area contributed by atoms with Crippen molar-refractivity contribution in [1.82, 2.24) is 0 Å². The van der Waals surface area contributed by atoms with Crippen LogP contribution in [0.4, 0.5) is 5.69 Å². The second-order valence-electron chi connectivity index (χ2n) is 8.64. The number of Topliss-reactive ketones (excluding diaryl/α,β-unsaturated/α-hetero) is 1. The molecule has 0 spiro atoms. The molecule has 1 heterocycles. The third-order valence-electron chi connectivity index (χ3n) is 5.94. The summed E-state index contributed by atoms with van der Waals surface area (Å²) in [6, 6.07) is 20.1. The number of benzene rings is 3. The average molecular weight is 502 g/mol. The van der Waals surface area contributed by atoms with E-state index >= 15 is 0 Å². The van der Waals surface area contributed by atoms with Gasteiger partial charge in [-0.15, -0.1) is 0 Å². The summed E-state index contributed by atoms with van der Waals surface area (Å²) in [5.41, 5.74) is 2.43. The highest BCUT2D eigenvalue weighted by molar-refractivity contribution is 6.01. The molecule has 0 aliphatic carbocycles. The highest BCUT2D eigenvalue weighted by atomic mass is 16.5. The zero-order valence-corrected chi connectivity index (χ0v) is 20.6. The fraction of sp³-hybridized carbons (Fsp3) is 0.241. The molecule has 0 aromatic heterocycles. The van der Waals surface area contributed by atoms with Crippen LogP contribution >= 0.6 is 0 Å². The molecule has 3 aromatic rings. The van der Waals surface area contributed by atoms with Crippen LogP contribution in [-0.4, -0.2) is 43.4 Å². The number of anilines is 1. The fourth-order valence-electron chi connectivity index (χ4n) is 3.91. The van der Waals surface area contributed by atoms with Crippen molar-refractivity contribution in [2.75, 3.05) is 24.7 Å². The first kappa shape index (κ1) is 25.6. The van der Waals surface area contributed by atoms with E-state index in [1.807, 2.05) is 26.0 Å². The summed E-state index contributed by atoms with van der Waals surface area (Å²) in [6.07, 6.45) is 0.0152. The Balaban J connectivity index is 1.27. The second kappa shape index (κ2) is 11.5. The van der Waals surface area contributed by atoms with Crippen molar-refractivity contribution in [3.63, 3.8) is 0 Å². The van der Waals surface area contributed by atoms with Crippen LogP contribution in [0.15, 0.2) is 72.8 Å². The van der Waals surface area contributed by atoms with E-state index in [2.05, 4.69) is 0 Å². The number of nitrogens with zero attached hydrogens (tertiary/aromatic N) is 1. The maximum Gasteiger partial charge on any atom is 0.343 e. The minimum Gasteiger partial charge on any atom is -0.494 e. The molecule has 4 rings (SSSR count). The Morgan fingerprint density at radius 1 is 0.865 bits per heavy atom. The third-order valence-corrected chi connectivity index (χ3v) is 5.94. The van der Waals surface area contributed by atoms with Gasteiger partial charge in [0.1, 0.15) is 11.5 Å². The molecule has 1 amide bonds. The number of hydrogen-bond acceptors (Lipinski definition) is 7. The van der Waals surface area contributed by atoms with Gasteiger partial charge in [0.15, 0.2) is 12.4 Å². The van der Waals surface area contributed by atoms with Gasteiger partial charge in [-0.05, 0) is 74.5 Å². The summed E-state index contributed by atoms with van der Waals surface area (Å²) in [7, 11) is 0. The summed E-state index contributed by atoms with van der Waals surface area (Å²) < 4.78 is 16.0. The Morgan fingerprint density at radius 3 is 2.14 bits per heavy atom. The van der Waals surface area contributed by atoms with E-state index in [-0.39, 0.29) is 24.6 Å². The maximum absolute atomic E-state index is 12.5. The Kier molecular flexibility index (Phi) is 7.98. The van der Waals surface area contributed by atoms with Crippen LogP contribution in [0.5, 0.6) is 11.5 Å². The van der Waals surface area contributed by atoms with Gasteiger partial charge in [-0.1, -0.05) is 17.7 Å². The summed E-state index contributed by atoms with van der Waals surface area (Å²) in [5.74, 6) is -1.36. The maximum atomic E-state index is 12.5. The van der Waals surface area contributed by atoms with Gasteiger partial charge in [-0.3, -0.25) is 14.4 Å². The van der Waals surface area contributed by atoms with Crippen molar-refractivity contribution >= 4 is 29.3 Å². The molecule has 1 atom stereocenters. The van der Waals surface area contributed by atoms with Crippen molar-refractivity contribution in [3.8, 4) is 11.5 Å². The zero-order chi connectivity index (χ0) is 26.4. The molecule has 0 saturated carbocycles. The highest BCUT2D eigenvalue weighted by Gasteiger charge is 2.36. The van der Waals surface area contributed by atoms with Crippen LogP contribution in [-0.2, 0) is 14.3 Å². The molecule has 0 N–H and O–H groups in total. The molecule has 0 bridgehead atoms. The quantitative estimate of drug-likeness (QED) is 0.244. The number of ketones is 1. The monoisotopic (exact) mass is 501 g/mol. The van der Waals surface area contributed by atoms with Crippen LogP contribution in [0.25, 0.3) is 0 Å². The molecule has 8 heteroatoms. The number of esters is 2. The molecule has 190 valence electrons. The van der Waals surface area contributed by atoms with E-state index in [1.54, 1.807) is 36.4 Å². The molecule has 37 heavy (non-hydrogen) atoms. The number of ether oxygens (including phenoxy) is 3. The molecule has 3 aromatic carbocycles. The molecule has 1 fully saturated rings. The van der Waals surface area contributed by atoms with Crippen molar-refractivity contribution in [3.05, 3.63) is 89.5 Å². The Hall–Kier alpha value is -4.46. The van der Waals surface area contributed by atoms with E-state index in [4.69, 9.17) is 14.2 Å². The lowest BCUT2D eigenvalue weighted by Crippen LogP contribution is -2.27. The van der Waals surface area contributed by atoms with Gasteiger partial charge >= 0.3 is 11.9 Å². The summed E-state index contributed by atoms with van der Waals surface area (Å²) in [4.78, 5) is 51.3. The van der Waals surface area contributed by atoms with Crippen LogP contribution < -0.4 is 14.4 Å². The topological polar surface area (TPSA) is 99.2 Å². The molecule has 0 radical (unpaired) electrons. The summed E-state index contributed by atoms with van der Waals surface area (Å²) in [5, 5.41) is 0. The number of hydrogen-bond donors (Lipinski definition) is 0. The van der Waals surface area contributed by atoms with Crippen molar-refractivity contribution in [2.24, 2.45) is 5.92 Å². The van der Waals surface area contributed by atoms with Crippen LogP contribution in [0.1, 0.15) is 39.6 Å². The van der Waals surface area contributed by atoms with Gasteiger partial charge in [0.2, 0.25) is 5.91 Å². The standard InChI is InChI=1S/C29H27NO7/c1-3-35-24-14-10-23(11-15-24)30-17-22(16-27(30)32)28(33)36-18-26(31)20-8-12-25(13-9-20)37-29(34)21-6-4-19(2)5-7-21/h4-15,22H,3,16-18H2,1-2H3/t22-/m0/s1. The van der Waals surface area contributed by atoms with E-state index < -0.39 is 30.2 Å². The number of aryl methyl sites for hydroxylation is 1. The lowest BCUT2D eigenvalue weighted by molar-refractivity contribution is -0.147. The number of amides is 1. The number of carbonyl (C=O) groups is 4. The third kappa shape index (κ3) is 6.41. The van der Waals surface area contributed by atoms with Crippen molar-refractivity contribution in [1.29, 1.82) is 0 Å². The SMILES string of the molecule is CCOc1ccc(N2C[C@@H](C(=O)OCC(=O)c3ccc(OC(=O)c4ccc(C)cc4)cc3)CC2=O)cc1. The van der Waals surface area contributed by atoms with Crippen LogP contribution in [0.2, 0.25) is 0 Å². The molecular weight excluding hydrogens is 474 g/mol. The molecule has 1 aliphatic rings. The van der Waals surface area contributed by atoms with Crippen molar-refractivity contribution < 1.29 is 33.4 Å². The largest absolute Gasteiger partial charge is 0.494 e. The van der Waals surface area contributed by atoms with Gasteiger partial charge in [0.05, 0.1) is 18.1 Å². The van der Waals surface area contributed by atoms with Gasteiger partial charge in [-0.25, -0.2) is 4.79 Å². The number of rotatable bonds is 9. The average Bonchev–Trinajstić information content (AvgIpc) is 3.30. The normalized spacial score (nSPS) is 14.8. The van der Waals surface area contributed by atoms with E-state index in [1.165, 1.54) is 29.2 Å². The van der Waals surface area contributed by atoms with E-state index in [9.17, 15) is 19.2 Å². The van der Waals surface area contributed by atoms with Gasteiger partial charge in [0.25, 0.3) is 0 Å². The Labute approximate surface area is 214 Å². The molecule has 0 unspecified atom stereocenters. The smallest absolute Gasteiger partial charge is 0.343 e. The van der Waals surface area contributed by atoms with Crippen LogP contribution in [0.3, 0.4) is 0 Å². The Morgan fingerprint density at radius 2 is 1.49 bits per heavy atom. The fourth-order valence-corrected chi connectivity index (χ4v) is 3.91. The lowest BCUT2D eigenvalue weighted by Gasteiger charge is -2.17. The molecule has 1 saturated heterocycles. The highest BCUT2D eigenvalue weighted by Crippen LogP contribution is 2.27. The minimum atomic E-state index is -0.657. The lowest BCUT2D eigenvalue weighted by atomic mass is 10.1. The Bertz CT molecular complexity index is 1280. The first-order valence-corrected chi connectivity index (χ1v) is 12.0. The summed E-state index contributed by atoms with van der Waals surface area (Å²) >= 11 is 0. The zero-order valence-electron chi connectivity index (χ0n) is 20.6. The van der Waals surface area contributed by atoms with Gasteiger partial charge in [-0.2, -0.15) is 0 Å². The van der Waals surface area contributed by atoms with Crippen LogP contribution in [0, 0.1) is 12.8 Å². The van der Waals surface area contributed by atoms with Crippen molar-refractivity contribution in [2.45, 2.75) is 20.3 Å². The first-order valence-electron chi connectivity index (χ1n) is 12.0. The number of carbonyl (C=O) groups excluding carboxylic acids is 4. The molecule has 1 aliphatic heterocycles.